The lowest BCUT2D eigenvalue weighted by Crippen LogP contribution is -2.41. The number of fused-ring (bicyclic) bond motifs is 1. The van der Waals surface area contributed by atoms with E-state index in [-0.39, 0.29) is 43.1 Å². The number of aliphatic hydroxyl groups excluding tert-OH is 1. The summed E-state index contributed by atoms with van der Waals surface area (Å²) >= 11 is 0. The second-order valence-corrected chi connectivity index (χ2v) is 12.2. The van der Waals surface area contributed by atoms with Gasteiger partial charge < -0.3 is 29.7 Å². The fraction of sp³-hybridized carbons (Fsp3) is 0.471. The average Bonchev–Trinajstić information content (AvgIpc) is 3.81. The minimum absolute atomic E-state index is 0.0614. The van der Waals surface area contributed by atoms with Crippen molar-refractivity contribution in [1.82, 2.24) is 10.3 Å². The van der Waals surface area contributed by atoms with Crippen molar-refractivity contribution in [1.29, 1.82) is 0 Å². The number of hydrogen-bond acceptors (Lipinski definition) is 8. The molecule has 8 nitrogen and oxygen atoms in total. The van der Waals surface area contributed by atoms with Crippen LogP contribution in [0, 0.1) is 11.7 Å². The van der Waals surface area contributed by atoms with Crippen molar-refractivity contribution in [3.63, 3.8) is 0 Å². The van der Waals surface area contributed by atoms with Gasteiger partial charge in [0.05, 0.1) is 26.0 Å². The molecule has 1 aliphatic carbocycles. The molecule has 2 aliphatic rings. The van der Waals surface area contributed by atoms with Gasteiger partial charge in [-0.25, -0.2) is 9.37 Å². The minimum Gasteiger partial charge on any atom is -0.493 e. The van der Waals surface area contributed by atoms with E-state index in [4.69, 9.17) is 24.3 Å². The maximum absolute atomic E-state index is 13.8. The number of nitrogens with zero attached hydrogens (tertiary/aromatic N) is 1. The van der Waals surface area contributed by atoms with Crippen LogP contribution in [-0.4, -0.2) is 60.5 Å². The van der Waals surface area contributed by atoms with E-state index in [1.807, 2.05) is 6.07 Å². The summed E-state index contributed by atoms with van der Waals surface area (Å²) in [7, 11) is 1.48. The molecule has 1 aromatic heterocycles. The van der Waals surface area contributed by atoms with Crippen LogP contribution >= 0.6 is 0 Å². The first-order chi connectivity index (χ1) is 20.5. The summed E-state index contributed by atoms with van der Waals surface area (Å²) in [6.45, 7) is 7.14. The van der Waals surface area contributed by atoms with Crippen LogP contribution in [-0.2, 0) is 11.0 Å². The molecule has 0 amide bonds. The highest BCUT2D eigenvalue weighted by Crippen LogP contribution is 2.46. The van der Waals surface area contributed by atoms with Crippen molar-refractivity contribution >= 4 is 5.78 Å². The lowest BCUT2D eigenvalue weighted by Gasteiger charge is -2.28. The fourth-order valence-corrected chi connectivity index (χ4v) is 5.56. The zero-order chi connectivity index (χ0) is 30.8. The van der Waals surface area contributed by atoms with Gasteiger partial charge in [-0.3, -0.25) is 4.79 Å². The molecule has 1 fully saturated rings. The van der Waals surface area contributed by atoms with Crippen LogP contribution in [0.2, 0.25) is 0 Å². The standard InChI is InChI=1S/C34H41FN2O6/c1-21(22-5-6-22)36-19-33(2)20-43-32-26(33)18-30(37-31(32)23-7-10-25(35)11-8-23)34(3,40)14-13-27(39)24-9-12-28(42-16-15-38)29(17-24)41-4/h7-12,17-18,21-22,36,38,40H,5-6,13-16,19-20H2,1-4H3/t21-,33-,34?/m0/s1. The SMILES string of the molecule is COc1cc(C(=O)CCC(C)(O)c2cc3c(c(-c4ccc(F)cc4)n2)OC[C@]3(C)CN[C@@H](C)C2CC2)ccc1OCCO. The van der Waals surface area contributed by atoms with Gasteiger partial charge in [-0.1, -0.05) is 6.92 Å². The molecule has 0 spiro atoms. The van der Waals surface area contributed by atoms with Gasteiger partial charge in [-0.2, -0.15) is 0 Å². The third kappa shape index (κ3) is 6.84. The van der Waals surface area contributed by atoms with Gasteiger partial charge in [-0.15, -0.1) is 0 Å². The quantitative estimate of drug-likeness (QED) is 0.220. The largest absolute Gasteiger partial charge is 0.493 e. The molecule has 3 aromatic rings. The second-order valence-electron chi connectivity index (χ2n) is 12.2. The Morgan fingerprint density at radius 3 is 2.63 bits per heavy atom. The molecule has 0 saturated heterocycles. The smallest absolute Gasteiger partial charge is 0.163 e. The number of benzene rings is 2. The molecule has 1 unspecified atom stereocenters. The third-order valence-corrected chi connectivity index (χ3v) is 8.64. The molecule has 230 valence electrons. The number of rotatable bonds is 14. The normalized spacial score (nSPS) is 19.7. The number of Topliss-reactive ketones (excluding diaryl/α,β-unsaturated/α-hetero) is 1. The summed E-state index contributed by atoms with van der Waals surface area (Å²) in [6.07, 6.45) is 2.68. The van der Waals surface area contributed by atoms with Crippen LogP contribution in [0.4, 0.5) is 4.39 Å². The molecule has 5 rings (SSSR count). The number of aromatic nitrogens is 1. The molecule has 2 heterocycles. The number of carbonyl (C=O) groups excluding carboxylic acids is 1. The summed E-state index contributed by atoms with van der Waals surface area (Å²) in [5, 5.41) is 24.5. The first-order valence-electron chi connectivity index (χ1n) is 14.9. The third-order valence-electron chi connectivity index (χ3n) is 8.64. The zero-order valence-corrected chi connectivity index (χ0v) is 25.3. The summed E-state index contributed by atoms with van der Waals surface area (Å²) in [5.74, 6) is 1.65. The Bertz CT molecular complexity index is 1460. The van der Waals surface area contributed by atoms with Gasteiger partial charge >= 0.3 is 0 Å². The van der Waals surface area contributed by atoms with Crippen molar-refractivity contribution in [2.24, 2.45) is 5.92 Å². The zero-order valence-electron chi connectivity index (χ0n) is 25.3. The second kappa shape index (κ2) is 12.6. The van der Waals surface area contributed by atoms with E-state index in [2.05, 4.69) is 19.2 Å². The molecule has 1 saturated carbocycles. The summed E-state index contributed by atoms with van der Waals surface area (Å²) in [6, 6.07) is 13.3. The first kappa shape index (κ1) is 30.9. The van der Waals surface area contributed by atoms with E-state index in [1.165, 1.54) is 32.1 Å². The van der Waals surface area contributed by atoms with Gasteiger partial charge in [0.2, 0.25) is 0 Å². The Kier molecular flexibility index (Phi) is 9.06. The Labute approximate surface area is 252 Å². The average molecular weight is 593 g/mol. The van der Waals surface area contributed by atoms with Crippen LogP contribution in [0.15, 0.2) is 48.5 Å². The van der Waals surface area contributed by atoms with Gasteiger partial charge in [-0.05, 0) is 87.6 Å². The molecular weight excluding hydrogens is 551 g/mol. The first-order valence-corrected chi connectivity index (χ1v) is 14.9. The lowest BCUT2D eigenvalue weighted by molar-refractivity contribution is 0.0396. The molecule has 0 radical (unpaired) electrons. The number of halogens is 1. The maximum atomic E-state index is 13.8. The number of pyridine rings is 1. The summed E-state index contributed by atoms with van der Waals surface area (Å²) in [4.78, 5) is 18.1. The summed E-state index contributed by atoms with van der Waals surface area (Å²) < 4.78 is 30.9. The fourth-order valence-electron chi connectivity index (χ4n) is 5.56. The number of ether oxygens (including phenoxy) is 3. The van der Waals surface area contributed by atoms with Gasteiger partial charge in [0.1, 0.15) is 29.5 Å². The Morgan fingerprint density at radius 1 is 1.21 bits per heavy atom. The van der Waals surface area contributed by atoms with E-state index in [0.717, 1.165) is 5.56 Å². The summed E-state index contributed by atoms with van der Waals surface area (Å²) in [5.41, 5.74) is 1.21. The Morgan fingerprint density at radius 2 is 1.95 bits per heavy atom. The molecule has 1 aliphatic heterocycles. The van der Waals surface area contributed by atoms with Gasteiger partial charge in [0.25, 0.3) is 0 Å². The Hall–Kier alpha value is -3.53. The highest BCUT2D eigenvalue weighted by molar-refractivity contribution is 5.96. The van der Waals surface area contributed by atoms with E-state index in [1.54, 1.807) is 37.3 Å². The van der Waals surface area contributed by atoms with E-state index >= 15 is 0 Å². The number of methoxy groups -OCH3 is 1. The highest BCUT2D eigenvalue weighted by Gasteiger charge is 2.41. The van der Waals surface area contributed by atoms with Crippen LogP contribution in [0.25, 0.3) is 11.3 Å². The molecule has 9 heteroatoms. The number of nitrogens with one attached hydrogen (secondary N) is 1. The van der Waals surface area contributed by atoms with E-state index < -0.39 is 5.60 Å². The number of aliphatic hydroxyl groups is 2. The van der Waals surface area contributed by atoms with Crippen LogP contribution in [0.5, 0.6) is 17.2 Å². The minimum atomic E-state index is -1.44. The monoisotopic (exact) mass is 592 g/mol. The van der Waals surface area contributed by atoms with Crippen molar-refractivity contribution in [3.05, 3.63) is 71.2 Å². The van der Waals surface area contributed by atoms with Gasteiger partial charge in [0.15, 0.2) is 17.3 Å². The Balaban J connectivity index is 1.41. The van der Waals surface area contributed by atoms with Crippen molar-refractivity contribution in [2.75, 3.05) is 33.5 Å². The highest BCUT2D eigenvalue weighted by atomic mass is 19.1. The van der Waals surface area contributed by atoms with Crippen molar-refractivity contribution in [3.8, 4) is 28.5 Å². The number of ketones is 1. The topological polar surface area (TPSA) is 110 Å². The van der Waals surface area contributed by atoms with Crippen LogP contribution in [0.1, 0.15) is 68.1 Å². The van der Waals surface area contributed by atoms with Crippen molar-refractivity contribution in [2.45, 2.75) is 63.5 Å². The molecule has 3 atom stereocenters. The number of carbonyl (C=O) groups is 1. The molecule has 0 bridgehead atoms. The van der Waals surface area contributed by atoms with Crippen molar-refractivity contribution < 1.29 is 33.6 Å². The molecule has 3 N–H and O–H groups in total. The predicted octanol–water partition coefficient (Wildman–Crippen LogP) is 5.18. The number of hydrogen-bond donors (Lipinski definition) is 3. The van der Waals surface area contributed by atoms with Gasteiger partial charge in [0, 0.05) is 41.1 Å². The van der Waals surface area contributed by atoms with Crippen LogP contribution < -0.4 is 19.5 Å². The molecular formula is C34H41FN2O6. The maximum Gasteiger partial charge on any atom is 0.163 e. The van der Waals surface area contributed by atoms with E-state index in [0.29, 0.717) is 64.9 Å². The van der Waals surface area contributed by atoms with E-state index in [9.17, 15) is 14.3 Å². The molecule has 2 aromatic carbocycles. The van der Waals surface area contributed by atoms with Crippen LogP contribution in [0.3, 0.4) is 0 Å². The lowest BCUT2D eigenvalue weighted by atomic mass is 9.81. The predicted molar refractivity (Wildman–Crippen MR) is 161 cm³/mol. The molecule has 43 heavy (non-hydrogen) atoms.